The number of benzene rings is 3. The summed E-state index contributed by atoms with van der Waals surface area (Å²) in [4.78, 5) is 8.80. The first-order chi connectivity index (χ1) is 18.4. The van der Waals surface area contributed by atoms with Crippen molar-refractivity contribution < 1.29 is 13.2 Å². The molecular formula is C29H27N5O3S. The zero-order valence-corrected chi connectivity index (χ0v) is 21.9. The summed E-state index contributed by atoms with van der Waals surface area (Å²) in [5, 5.41) is 3.81. The fraction of sp³-hybridized carbons (Fsp3) is 0.172. The van der Waals surface area contributed by atoms with Crippen LogP contribution in [0.1, 0.15) is 12.8 Å². The third-order valence-electron chi connectivity index (χ3n) is 6.78. The third-order valence-corrected chi connectivity index (χ3v) is 8.65. The minimum atomic E-state index is -3.36. The standard InChI is InChI=1S/C29H27N5O3S/c1-30-28-16-29(32-18-31-28)34-17-26(21-4-3-5-22(14-21)33-38(35,36)24-11-12-24)25-13-8-20(15-27(25)34)19-6-9-23(37-2)10-7-19/h3-10,13-18,24,33H,11-12H2,1-2H3,(H,30,31,32). The monoisotopic (exact) mass is 525 g/mol. The van der Waals surface area contributed by atoms with Gasteiger partial charge in [-0.05, 0) is 59.9 Å². The number of hydrogen-bond donors (Lipinski definition) is 2. The van der Waals surface area contributed by atoms with Gasteiger partial charge in [0.15, 0.2) is 0 Å². The Morgan fingerprint density at radius 3 is 2.45 bits per heavy atom. The fourth-order valence-corrected chi connectivity index (χ4v) is 5.98. The molecular weight excluding hydrogens is 498 g/mol. The zero-order valence-electron chi connectivity index (χ0n) is 21.0. The van der Waals surface area contributed by atoms with Crippen molar-refractivity contribution >= 4 is 32.4 Å². The van der Waals surface area contributed by atoms with Gasteiger partial charge in [-0.3, -0.25) is 4.72 Å². The molecule has 0 unspecified atom stereocenters. The number of hydrogen-bond acceptors (Lipinski definition) is 6. The van der Waals surface area contributed by atoms with E-state index in [1.165, 1.54) is 6.33 Å². The number of fused-ring (bicyclic) bond motifs is 1. The van der Waals surface area contributed by atoms with Crippen molar-refractivity contribution in [3.63, 3.8) is 0 Å². The van der Waals surface area contributed by atoms with Gasteiger partial charge in [0.2, 0.25) is 10.0 Å². The smallest absolute Gasteiger partial charge is 0.235 e. The van der Waals surface area contributed by atoms with Crippen molar-refractivity contribution in [1.82, 2.24) is 14.5 Å². The number of rotatable bonds is 8. The lowest BCUT2D eigenvalue weighted by Crippen LogP contribution is -2.17. The van der Waals surface area contributed by atoms with Crippen molar-refractivity contribution in [1.29, 1.82) is 0 Å². The molecule has 8 nitrogen and oxygen atoms in total. The molecule has 192 valence electrons. The maximum Gasteiger partial charge on any atom is 0.235 e. The van der Waals surface area contributed by atoms with Crippen LogP contribution in [0.4, 0.5) is 11.5 Å². The predicted molar refractivity (Wildman–Crippen MR) is 151 cm³/mol. The van der Waals surface area contributed by atoms with E-state index < -0.39 is 10.0 Å². The predicted octanol–water partition coefficient (Wildman–Crippen LogP) is 5.71. The van der Waals surface area contributed by atoms with Gasteiger partial charge in [0.25, 0.3) is 0 Å². The fourth-order valence-electron chi connectivity index (χ4n) is 4.60. The Balaban J connectivity index is 1.49. The third kappa shape index (κ3) is 4.56. The molecule has 2 heterocycles. The number of ether oxygens (including phenoxy) is 1. The van der Waals surface area contributed by atoms with Crippen LogP contribution in [-0.2, 0) is 10.0 Å². The van der Waals surface area contributed by atoms with Crippen molar-refractivity contribution in [2.24, 2.45) is 0 Å². The first-order valence-corrected chi connectivity index (χ1v) is 13.9. The minimum absolute atomic E-state index is 0.288. The lowest BCUT2D eigenvalue weighted by molar-refractivity contribution is 0.415. The van der Waals surface area contributed by atoms with E-state index in [1.807, 2.05) is 66.3 Å². The maximum absolute atomic E-state index is 12.5. The van der Waals surface area contributed by atoms with E-state index in [2.05, 4.69) is 38.2 Å². The van der Waals surface area contributed by atoms with Gasteiger partial charge in [-0.1, -0.05) is 36.4 Å². The average molecular weight is 526 g/mol. The summed E-state index contributed by atoms with van der Waals surface area (Å²) in [5.74, 6) is 2.23. The molecule has 1 saturated carbocycles. The summed E-state index contributed by atoms with van der Waals surface area (Å²) < 4.78 is 35.2. The second kappa shape index (κ2) is 9.50. The van der Waals surface area contributed by atoms with Crippen molar-refractivity contribution in [2.45, 2.75) is 18.1 Å². The summed E-state index contributed by atoms with van der Waals surface area (Å²) in [6.45, 7) is 0. The van der Waals surface area contributed by atoms with E-state index in [9.17, 15) is 8.42 Å². The number of methoxy groups -OCH3 is 1. The molecule has 0 bridgehead atoms. The Bertz CT molecular complexity index is 1740. The number of nitrogens with one attached hydrogen (secondary N) is 2. The van der Waals surface area contributed by atoms with E-state index in [0.717, 1.165) is 44.7 Å². The first kappa shape index (κ1) is 24.0. The van der Waals surface area contributed by atoms with E-state index in [4.69, 9.17) is 4.74 Å². The van der Waals surface area contributed by atoms with E-state index >= 15 is 0 Å². The Kier molecular flexibility index (Phi) is 6.00. The highest BCUT2D eigenvalue weighted by Gasteiger charge is 2.35. The van der Waals surface area contributed by atoms with Gasteiger partial charge < -0.3 is 14.6 Å². The van der Waals surface area contributed by atoms with Crippen molar-refractivity contribution in [2.75, 3.05) is 24.2 Å². The second-order valence-corrected chi connectivity index (χ2v) is 11.3. The molecule has 6 rings (SSSR count). The Hall–Kier alpha value is -4.37. The van der Waals surface area contributed by atoms with Crippen LogP contribution >= 0.6 is 0 Å². The molecule has 0 spiro atoms. The van der Waals surface area contributed by atoms with Crippen LogP contribution in [0.3, 0.4) is 0 Å². The van der Waals surface area contributed by atoms with Gasteiger partial charge >= 0.3 is 0 Å². The Morgan fingerprint density at radius 1 is 0.921 bits per heavy atom. The number of nitrogens with zero attached hydrogens (tertiary/aromatic N) is 3. The van der Waals surface area contributed by atoms with Crippen LogP contribution in [-0.4, -0.2) is 42.4 Å². The molecule has 3 aromatic carbocycles. The minimum Gasteiger partial charge on any atom is -0.497 e. The largest absolute Gasteiger partial charge is 0.497 e. The highest BCUT2D eigenvalue weighted by atomic mass is 32.2. The topological polar surface area (TPSA) is 98.1 Å². The summed E-state index contributed by atoms with van der Waals surface area (Å²) >= 11 is 0. The Morgan fingerprint density at radius 2 is 1.71 bits per heavy atom. The number of sulfonamides is 1. The van der Waals surface area contributed by atoms with Crippen LogP contribution < -0.4 is 14.8 Å². The van der Waals surface area contributed by atoms with Gasteiger partial charge in [0.05, 0.1) is 17.9 Å². The van der Waals surface area contributed by atoms with Gasteiger partial charge in [0, 0.05) is 35.9 Å². The van der Waals surface area contributed by atoms with Crippen LogP contribution in [0.15, 0.2) is 85.3 Å². The summed E-state index contributed by atoms with van der Waals surface area (Å²) in [5.41, 5.74) is 5.53. The SMILES string of the molecule is CNc1cc(-n2cc(-c3cccc(NS(=O)(=O)C4CC4)c3)c3ccc(-c4ccc(OC)cc4)cc32)ncn1. The molecule has 1 fully saturated rings. The molecule has 38 heavy (non-hydrogen) atoms. The highest BCUT2D eigenvalue weighted by molar-refractivity contribution is 7.93. The van der Waals surface area contributed by atoms with E-state index in [0.29, 0.717) is 24.3 Å². The molecule has 2 N–H and O–H groups in total. The summed E-state index contributed by atoms with van der Waals surface area (Å²) in [6.07, 6.45) is 5.01. The molecule has 2 aromatic heterocycles. The lowest BCUT2D eigenvalue weighted by atomic mass is 10.0. The van der Waals surface area contributed by atoms with E-state index in [-0.39, 0.29) is 5.25 Å². The number of anilines is 2. The molecule has 5 aromatic rings. The molecule has 0 amide bonds. The summed E-state index contributed by atoms with van der Waals surface area (Å²) in [7, 11) is 0.120. The van der Waals surface area contributed by atoms with Gasteiger partial charge in [-0.15, -0.1) is 0 Å². The molecule has 0 radical (unpaired) electrons. The van der Waals surface area contributed by atoms with Crippen LogP contribution in [0, 0.1) is 0 Å². The quantitative estimate of drug-likeness (QED) is 0.269. The number of aromatic nitrogens is 3. The second-order valence-electron chi connectivity index (χ2n) is 9.31. The lowest BCUT2D eigenvalue weighted by Gasteiger charge is -2.09. The van der Waals surface area contributed by atoms with Gasteiger partial charge in [-0.25, -0.2) is 18.4 Å². The normalized spacial score (nSPS) is 13.4. The molecule has 1 aliphatic rings. The summed E-state index contributed by atoms with van der Waals surface area (Å²) in [6, 6.07) is 23.7. The average Bonchev–Trinajstić information content (AvgIpc) is 3.75. The van der Waals surface area contributed by atoms with E-state index in [1.54, 1.807) is 13.2 Å². The highest BCUT2D eigenvalue weighted by Crippen LogP contribution is 2.37. The van der Waals surface area contributed by atoms with Crippen LogP contribution in [0.2, 0.25) is 0 Å². The Labute approximate surface area is 221 Å². The molecule has 9 heteroatoms. The first-order valence-electron chi connectivity index (χ1n) is 12.4. The van der Waals surface area contributed by atoms with Gasteiger partial charge in [-0.2, -0.15) is 0 Å². The van der Waals surface area contributed by atoms with Crippen molar-refractivity contribution in [3.05, 3.63) is 85.3 Å². The van der Waals surface area contributed by atoms with Crippen LogP contribution in [0.5, 0.6) is 5.75 Å². The molecule has 0 atom stereocenters. The molecule has 0 saturated heterocycles. The van der Waals surface area contributed by atoms with Crippen LogP contribution in [0.25, 0.3) is 39.0 Å². The molecule has 0 aliphatic heterocycles. The maximum atomic E-state index is 12.5. The van der Waals surface area contributed by atoms with Crippen molar-refractivity contribution in [3.8, 4) is 33.8 Å². The van der Waals surface area contributed by atoms with Gasteiger partial charge in [0.1, 0.15) is 23.7 Å². The molecule has 1 aliphatic carbocycles. The zero-order chi connectivity index (χ0) is 26.3.